The van der Waals surface area contributed by atoms with Crippen LogP contribution in [-0.2, 0) is 25.5 Å². The van der Waals surface area contributed by atoms with Gasteiger partial charge in [0.1, 0.15) is 28.5 Å². The Morgan fingerprint density at radius 3 is 2.55 bits per heavy atom. The number of hydrogen-bond donors (Lipinski definition) is 10. The Balaban J connectivity index is 0.949. The van der Waals surface area contributed by atoms with Crippen molar-refractivity contribution >= 4 is 39.0 Å². The summed E-state index contributed by atoms with van der Waals surface area (Å²) < 4.78 is 12.1. The number of ketones is 1. The highest BCUT2D eigenvalue weighted by atomic mass is 33.1. The third-order valence-corrected chi connectivity index (χ3v) is 30.0. The number of ether oxygens (including phenoxy) is 2. The van der Waals surface area contributed by atoms with Crippen LogP contribution in [0.4, 0.5) is 5.69 Å². The average Bonchev–Trinajstić information content (AvgIpc) is 1.38. The smallest absolute Gasteiger partial charge is 0.235 e. The molecule has 1 aromatic carbocycles. The van der Waals surface area contributed by atoms with E-state index in [1.54, 1.807) is 30.2 Å². The molecule has 15 nitrogen and oxygen atoms in total. The highest BCUT2D eigenvalue weighted by Gasteiger charge is 2.84. The number of allylic oxidation sites excluding steroid dienone is 3. The Morgan fingerprint density at radius 1 is 0.965 bits per heavy atom. The number of aliphatic hydroxyl groups excluding tert-OH is 5. The van der Waals surface area contributed by atoms with E-state index in [2.05, 4.69) is 56.2 Å². The number of amides is 1. The van der Waals surface area contributed by atoms with Crippen molar-refractivity contribution in [2.24, 2.45) is 91.7 Å². The molecule has 6 aliphatic heterocycles. The van der Waals surface area contributed by atoms with Gasteiger partial charge < -0.3 is 65.6 Å². The molecule has 10 bridgehead atoms. The van der Waals surface area contributed by atoms with Gasteiger partial charge in [-0.2, -0.15) is 0 Å². The summed E-state index contributed by atoms with van der Waals surface area (Å²) in [7, 11) is 4.21. The number of hydrogen-bond acceptors (Lipinski definition) is 16. The molecule has 0 radical (unpaired) electrons. The lowest BCUT2D eigenvalue weighted by Gasteiger charge is -2.68. The molecule has 10 N–H and O–H groups in total. The summed E-state index contributed by atoms with van der Waals surface area (Å²) in [6.45, 7) is 8.44. The zero-order valence-electron chi connectivity index (χ0n) is 51.0. The molecule has 9 aliphatic carbocycles. The first-order chi connectivity index (χ1) is 41.0. The molecule has 24 unspecified atom stereocenters. The number of epoxide rings is 1. The normalized spacial score (nSPS) is 50.8. The quantitative estimate of drug-likeness (QED) is 0.0402. The fraction of sp³-hybridized carbons (Fsp3) is 0.768. The van der Waals surface area contributed by atoms with E-state index in [1.165, 1.54) is 10.8 Å². The molecule has 470 valence electrons. The number of rotatable bonds is 9. The van der Waals surface area contributed by atoms with E-state index in [1.807, 2.05) is 19.1 Å². The number of anilines is 1. The molecular weight excluding hydrogens is 1130 g/mol. The Bertz CT molecular complexity index is 3080. The number of phenolic OH excluding ortho intramolecular Hbond substituents is 1. The number of carbonyl (C=O) groups excluding carboxylic acids is 2. The minimum Gasteiger partial charge on any atom is -0.508 e. The number of carbonyl (C=O) groups is 2. The van der Waals surface area contributed by atoms with Crippen LogP contribution in [0.5, 0.6) is 5.75 Å². The van der Waals surface area contributed by atoms with E-state index in [0.717, 1.165) is 49.3 Å². The maximum absolute atomic E-state index is 17.1. The van der Waals surface area contributed by atoms with Crippen molar-refractivity contribution in [3.63, 3.8) is 0 Å². The van der Waals surface area contributed by atoms with E-state index in [-0.39, 0.29) is 85.6 Å². The van der Waals surface area contributed by atoms with Gasteiger partial charge in [-0.05, 0) is 167 Å². The second-order valence-corrected chi connectivity index (χ2v) is 33.3. The summed E-state index contributed by atoms with van der Waals surface area (Å²) in [5, 5.41) is 119. The highest BCUT2D eigenvalue weighted by Crippen LogP contribution is 2.79. The molecule has 4 spiro atoms. The molecule has 1 aromatic rings. The number of phenols is 1. The monoisotopic (exact) mass is 1220 g/mol. The Labute approximate surface area is 515 Å². The summed E-state index contributed by atoms with van der Waals surface area (Å²) in [5.74, 6) is 4.57. The predicted octanol–water partition coefficient (Wildman–Crippen LogP) is 6.79. The van der Waals surface area contributed by atoms with Crippen molar-refractivity contribution in [2.45, 2.75) is 189 Å². The van der Waals surface area contributed by atoms with Gasteiger partial charge in [0.2, 0.25) is 5.91 Å². The maximum Gasteiger partial charge on any atom is 0.235 e. The fourth-order valence-electron chi connectivity index (χ4n) is 23.1. The minimum absolute atomic E-state index is 0.0513. The van der Waals surface area contributed by atoms with Gasteiger partial charge >= 0.3 is 0 Å². The first kappa shape index (κ1) is 60.7. The number of aryl methyl sites for hydroxylation is 1. The zero-order chi connectivity index (χ0) is 60.6. The van der Waals surface area contributed by atoms with Gasteiger partial charge in [0, 0.05) is 96.2 Å². The number of benzene rings is 1. The SMILES string of the molecule is COCCCC12CCC(CC#CC3C(CN1)C(O)C14CN5C(=O)C16C(CCCC6(CO)C=CC34)CSSC(O)C13CC(O)C(O)(CO)CC1(C)C1CC4C=CCC(O)(C6OC6C(C)C(C)C)C6CCC(O)(C1=CC3=O)C46CCc1cc(O)cc5c1)C2. The van der Waals surface area contributed by atoms with Gasteiger partial charge in [0.05, 0.1) is 48.0 Å². The molecule has 1 amide bonds. The molecule has 8 fully saturated rings. The molecular formula is C69H94N2O13S2. The van der Waals surface area contributed by atoms with Crippen LogP contribution < -0.4 is 10.2 Å². The van der Waals surface area contributed by atoms with Crippen LogP contribution in [0.1, 0.15) is 136 Å². The summed E-state index contributed by atoms with van der Waals surface area (Å²) in [5.41, 5.74) is -13.1. The first-order valence-corrected chi connectivity index (χ1v) is 35.2. The highest BCUT2D eigenvalue weighted by molar-refractivity contribution is 8.76. The van der Waals surface area contributed by atoms with E-state index in [0.29, 0.717) is 80.8 Å². The topological polar surface area (TPSA) is 253 Å². The van der Waals surface area contributed by atoms with E-state index in [9.17, 15) is 46.0 Å². The third kappa shape index (κ3) is 7.83. The number of methoxy groups -OCH3 is 1. The number of aliphatic hydroxyl groups is 8. The van der Waals surface area contributed by atoms with Crippen molar-refractivity contribution in [1.82, 2.24) is 5.32 Å². The Kier molecular flexibility index (Phi) is 14.7. The molecule has 24 atom stereocenters. The zero-order valence-corrected chi connectivity index (χ0v) is 52.6. The number of aromatic hydroxyl groups is 1. The number of nitrogens with zero attached hydrogens (tertiary/aromatic N) is 1. The predicted molar refractivity (Wildman–Crippen MR) is 328 cm³/mol. The molecule has 86 heavy (non-hydrogen) atoms. The molecule has 15 aliphatic rings. The number of nitrogens with one attached hydrogen (secondary N) is 1. The van der Waals surface area contributed by atoms with Crippen LogP contribution in [-0.4, -0.2) is 156 Å². The summed E-state index contributed by atoms with van der Waals surface area (Å²) in [6.07, 6.45) is 15.2. The van der Waals surface area contributed by atoms with Crippen molar-refractivity contribution in [3.8, 4) is 17.6 Å². The van der Waals surface area contributed by atoms with Crippen LogP contribution in [0, 0.1) is 104 Å². The Morgan fingerprint density at radius 2 is 1.78 bits per heavy atom. The van der Waals surface area contributed by atoms with Crippen molar-refractivity contribution < 1.29 is 65.0 Å². The van der Waals surface area contributed by atoms with Crippen LogP contribution in [0.25, 0.3) is 0 Å². The lowest BCUT2D eigenvalue weighted by Crippen LogP contribution is -2.72. The second-order valence-electron chi connectivity index (χ2n) is 30.8. The van der Waals surface area contributed by atoms with Crippen LogP contribution in [0.15, 0.2) is 54.2 Å². The number of fused-ring (bicyclic) bond motifs is 5. The largest absolute Gasteiger partial charge is 0.508 e. The van der Waals surface area contributed by atoms with Gasteiger partial charge in [-0.15, -0.1) is 5.92 Å². The van der Waals surface area contributed by atoms with E-state index >= 15 is 9.59 Å². The van der Waals surface area contributed by atoms with Crippen molar-refractivity contribution in [2.75, 3.05) is 50.7 Å². The summed E-state index contributed by atoms with van der Waals surface area (Å²) in [4.78, 5) is 34.9. The fourth-order valence-corrected chi connectivity index (χ4v) is 26.2. The van der Waals surface area contributed by atoms with Gasteiger partial charge in [-0.3, -0.25) is 9.59 Å². The lowest BCUT2D eigenvalue weighted by molar-refractivity contribution is -0.235. The third-order valence-electron chi connectivity index (χ3n) is 27.4. The Hall–Kier alpha value is -2.80. The van der Waals surface area contributed by atoms with Crippen molar-refractivity contribution in [1.29, 1.82) is 0 Å². The van der Waals surface area contributed by atoms with Gasteiger partial charge in [0.15, 0.2) is 5.78 Å². The molecule has 17 heteroatoms. The lowest BCUT2D eigenvalue weighted by atomic mass is 9.38. The van der Waals surface area contributed by atoms with Crippen LogP contribution in [0.2, 0.25) is 0 Å². The van der Waals surface area contributed by atoms with Crippen molar-refractivity contribution in [3.05, 3.63) is 59.7 Å². The van der Waals surface area contributed by atoms with Gasteiger partial charge in [-0.1, -0.05) is 85.9 Å². The van der Waals surface area contributed by atoms with E-state index in [4.69, 9.17) is 9.47 Å². The minimum atomic E-state index is -2.05. The standard InChI is InChI=1S/C69H94N2O13S2/c1-39(2)40(3)55-57(84-55)67(81)20-8-11-43-28-50-51-30-53(75)65(32-54(76)63(80,38-73)35-60(50,65)4)59(79)86-85-34-44-12-7-18-61(37-72)21-16-49-47-13-6-10-41-14-22-62(31-41,19-9-25-83-5)70-33-48(47)56(77)66(49)36-71(58(78)69(44,61)66)45-26-42(27-46(74)29-45)15-23-64(43)52(67)17-24-68(51,64)82/h8,11,16,21,26-27,29-30,39-41,43-44,47-50,52,54-57,59,70,72-74,76-77,79-82H,7,9-10,12,14-15,17-20,22-25,28,31-38H2,1-5H3. The van der Waals surface area contributed by atoms with Gasteiger partial charge in [0.25, 0.3) is 0 Å². The van der Waals surface area contributed by atoms with Crippen LogP contribution in [0.3, 0.4) is 0 Å². The summed E-state index contributed by atoms with van der Waals surface area (Å²) in [6, 6.07) is 5.35. The average molecular weight is 1220 g/mol. The summed E-state index contributed by atoms with van der Waals surface area (Å²) >= 11 is 0. The van der Waals surface area contributed by atoms with E-state index < -0.39 is 121 Å². The maximum atomic E-state index is 17.1. The van der Waals surface area contributed by atoms with Crippen LogP contribution >= 0.6 is 21.6 Å². The first-order valence-electron chi connectivity index (χ1n) is 32.9. The van der Waals surface area contributed by atoms with Gasteiger partial charge in [-0.25, -0.2) is 0 Å². The molecule has 0 aromatic heterocycles. The molecule has 2 saturated heterocycles. The second kappa shape index (κ2) is 20.9. The molecule has 6 heterocycles. The molecule has 6 saturated carbocycles. The molecule has 16 rings (SSSR count).